The van der Waals surface area contributed by atoms with Gasteiger partial charge in [-0.15, -0.1) is 5.10 Å². The van der Waals surface area contributed by atoms with Crippen molar-refractivity contribution in [3.05, 3.63) is 34.5 Å². The number of nitriles is 1. The summed E-state index contributed by atoms with van der Waals surface area (Å²) in [4.78, 5) is 8.19. The topological polar surface area (TPSA) is 81.5 Å². The van der Waals surface area contributed by atoms with Crippen LogP contribution in [0.15, 0.2) is 6.20 Å². The van der Waals surface area contributed by atoms with Gasteiger partial charge in [0.15, 0.2) is 5.82 Å². The first kappa shape index (κ1) is 17.2. The molecule has 0 saturated carbocycles. The molecule has 132 valence electrons. The van der Waals surface area contributed by atoms with Gasteiger partial charge in [-0.2, -0.15) is 23.5 Å². The molecule has 3 rings (SSSR count). The number of aromatic amines is 1. The third-order valence-corrected chi connectivity index (χ3v) is 4.56. The summed E-state index contributed by atoms with van der Waals surface area (Å²) in [5, 5.41) is 17.7. The third-order valence-electron chi connectivity index (χ3n) is 4.56. The molecule has 1 atom stereocenters. The van der Waals surface area contributed by atoms with E-state index in [1.54, 1.807) is 6.92 Å². The molecule has 0 aromatic carbocycles. The van der Waals surface area contributed by atoms with Crippen molar-refractivity contribution in [2.75, 3.05) is 18.0 Å². The van der Waals surface area contributed by atoms with Crippen molar-refractivity contribution in [1.82, 2.24) is 20.2 Å². The van der Waals surface area contributed by atoms with E-state index in [9.17, 15) is 18.4 Å². The molecular weight excluding hydrogens is 333 g/mol. The zero-order chi connectivity index (χ0) is 18.2. The molecule has 0 bridgehead atoms. The van der Waals surface area contributed by atoms with E-state index in [2.05, 4.69) is 26.2 Å². The fourth-order valence-corrected chi connectivity index (χ4v) is 3.03. The van der Waals surface area contributed by atoms with E-state index in [1.807, 2.05) is 11.8 Å². The molecule has 0 spiro atoms. The Hall–Kier alpha value is -2.63. The number of halogens is 3. The van der Waals surface area contributed by atoms with Crippen molar-refractivity contribution in [3.63, 3.8) is 0 Å². The van der Waals surface area contributed by atoms with Crippen LogP contribution in [0.2, 0.25) is 0 Å². The average molecular weight is 350 g/mol. The van der Waals surface area contributed by atoms with Crippen LogP contribution < -0.4 is 4.90 Å². The highest BCUT2D eigenvalue weighted by molar-refractivity contribution is 5.57. The highest BCUT2D eigenvalue weighted by Crippen LogP contribution is 2.33. The fourth-order valence-electron chi connectivity index (χ4n) is 3.03. The summed E-state index contributed by atoms with van der Waals surface area (Å²) < 4.78 is 38.3. The number of hydrogen-bond donors (Lipinski definition) is 1. The van der Waals surface area contributed by atoms with E-state index in [1.165, 1.54) is 0 Å². The lowest BCUT2D eigenvalue weighted by Gasteiger charge is -2.33. The number of hydrogen-bond acceptors (Lipinski definition) is 5. The highest BCUT2D eigenvalue weighted by atomic mass is 19.4. The number of aryl methyl sites for hydroxylation is 1. The van der Waals surface area contributed by atoms with Gasteiger partial charge >= 0.3 is 6.18 Å². The lowest BCUT2D eigenvalue weighted by Crippen LogP contribution is -2.36. The Bertz CT molecular complexity index is 820. The molecule has 3 heterocycles. The van der Waals surface area contributed by atoms with Gasteiger partial charge in [-0.05, 0) is 32.3 Å². The number of piperidine rings is 1. The number of anilines is 1. The Morgan fingerprint density at radius 1 is 1.32 bits per heavy atom. The smallest absolute Gasteiger partial charge is 0.353 e. The van der Waals surface area contributed by atoms with Gasteiger partial charge in [0, 0.05) is 19.0 Å². The Morgan fingerprint density at radius 3 is 2.72 bits per heavy atom. The predicted molar refractivity (Wildman–Crippen MR) is 84.0 cm³/mol. The van der Waals surface area contributed by atoms with Crippen LogP contribution in [0.5, 0.6) is 0 Å². The second-order valence-corrected chi connectivity index (χ2v) is 6.19. The average Bonchev–Trinajstić information content (AvgIpc) is 3.08. The molecule has 1 saturated heterocycles. The number of H-pyrrole nitrogens is 1. The normalized spacial score (nSPS) is 18.2. The monoisotopic (exact) mass is 350 g/mol. The van der Waals surface area contributed by atoms with Gasteiger partial charge in [0.1, 0.15) is 23.2 Å². The minimum absolute atomic E-state index is 0.181. The van der Waals surface area contributed by atoms with Crippen LogP contribution in [0.4, 0.5) is 19.0 Å². The summed E-state index contributed by atoms with van der Waals surface area (Å²) in [5.74, 6) is 0.616. The van der Waals surface area contributed by atoms with Gasteiger partial charge in [0.2, 0.25) is 0 Å². The molecule has 2 aromatic rings. The van der Waals surface area contributed by atoms with E-state index in [4.69, 9.17) is 0 Å². The van der Waals surface area contributed by atoms with Gasteiger partial charge in [-0.3, -0.25) is 0 Å². The van der Waals surface area contributed by atoms with E-state index in [0.29, 0.717) is 36.0 Å². The van der Waals surface area contributed by atoms with Crippen LogP contribution in [0.3, 0.4) is 0 Å². The molecule has 1 N–H and O–H groups in total. The zero-order valence-corrected chi connectivity index (χ0v) is 13.9. The summed E-state index contributed by atoms with van der Waals surface area (Å²) in [5.41, 5.74) is 1.08. The van der Waals surface area contributed by atoms with E-state index < -0.39 is 11.9 Å². The van der Waals surface area contributed by atoms with Crippen molar-refractivity contribution < 1.29 is 13.2 Å². The van der Waals surface area contributed by atoms with Crippen molar-refractivity contribution in [1.29, 1.82) is 5.26 Å². The van der Waals surface area contributed by atoms with Crippen molar-refractivity contribution in [2.24, 2.45) is 0 Å². The first-order valence-electron chi connectivity index (χ1n) is 7.92. The molecule has 0 aliphatic carbocycles. The molecule has 0 radical (unpaired) electrons. The summed E-state index contributed by atoms with van der Waals surface area (Å²) in [6.45, 7) is 4.72. The molecule has 9 heteroatoms. The van der Waals surface area contributed by atoms with Crippen LogP contribution in [-0.2, 0) is 6.18 Å². The Morgan fingerprint density at radius 2 is 2.08 bits per heavy atom. The molecular formula is C16H17F3N6. The molecule has 1 aliphatic rings. The van der Waals surface area contributed by atoms with Gasteiger partial charge in [0.25, 0.3) is 0 Å². The van der Waals surface area contributed by atoms with Crippen LogP contribution >= 0.6 is 0 Å². The van der Waals surface area contributed by atoms with Crippen LogP contribution in [0, 0.1) is 25.2 Å². The van der Waals surface area contributed by atoms with Crippen LogP contribution in [-0.4, -0.2) is 33.3 Å². The van der Waals surface area contributed by atoms with Gasteiger partial charge in [0.05, 0.1) is 11.9 Å². The van der Waals surface area contributed by atoms with Gasteiger partial charge in [-0.1, -0.05) is 0 Å². The largest absolute Gasteiger partial charge is 0.432 e. The highest BCUT2D eigenvalue weighted by Gasteiger charge is 2.34. The van der Waals surface area contributed by atoms with E-state index in [0.717, 1.165) is 24.6 Å². The molecule has 2 aromatic heterocycles. The second kappa shape index (κ2) is 6.35. The Balaban J connectivity index is 1.86. The summed E-state index contributed by atoms with van der Waals surface area (Å²) >= 11 is 0. The number of alkyl halides is 3. The maximum Gasteiger partial charge on any atom is 0.432 e. The van der Waals surface area contributed by atoms with Crippen molar-refractivity contribution >= 4 is 5.82 Å². The predicted octanol–water partition coefficient (Wildman–Crippen LogP) is 3.09. The number of nitrogens with zero attached hydrogens (tertiary/aromatic N) is 5. The molecule has 6 nitrogen and oxygen atoms in total. The van der Waals surface area contributed by atoms with Gasteiger partial charge < -0.3 is 9.88 Å². The van der Waals surface area contributed by atoms with Gasteiger partial charge in [-0.25, -0.2) is 4.98 Å². The van der Waals surface area contributed by atoms with Crippen LogP contribution in [0.25, 0.3) is 0 Å². The first-order valence-corrected chi connectivity index (χ1v) is 7.92. The summed E-state index contributed by atoms with van der Waals surface area (Å²) in [6.07, 6.45) is -2.12. The summed E-state index contributed by atoms with van der Waals surface area (Å²) in [6, 6.07) is 2.16. The molecule has 1 fully saturated rings. The SMILES string of the molecule is Cc1nnc(N2CCC[C@H](c3ncc(C(F)(F)F)[nH]3)C2)c(C#N)c1C. The molecule has 0 amide bonds. The lowest BCUT2D eigenvalue weighted by molar-refractivity contribution is -0.141. The third kappa shape index (κ3) is 3.29. The quantitative estimate of drug-likeness (QED) is 0.900. The standard InChI is InChI=1S/C16H17F3N6/c1-9-10(2)23-24-15(12(9)6-20)25-5-3-4-11(8-25)14-21-7-13(22-14)16(17,18)19/h7,11H,3-5,8H2,1-2H3,(H,21,22)/t11-/m0/s1. The number of imidazole rings is 1. The Kier molecular flexibility index (Phi) is 4.37. The molecule has 0 unspecified atom stereocenters. The van der Waals surface area contributed by atoms with E-state index in [-0.39, 0.29) is 5.92 Å². The zero-order valence-electron chi connectivity index (χ0n) is 13.9. The lowest BCUT2D eigenvalue weighted by atomic mass is 9.96. The second-order valence-electron chi connectivity index (χ2n) is 6.19. The molecule has 1 aliphatic heterocycles. The number of nitrogens with one attached hydrogen (secondary N) is 1. The minimum Gasteiger partial charge on any atom is -0.353 e. The Labute approximate surface area is 142 Å². The first-order chi connectivity index (χ1) is 11.8. The number of rotatable bonds is 2. The maximum atomic E-state index is 12.8. The van der Waals surface area contributed by atoms with Crippen molar-refractivity contribution in [2.45, 2.75) is 38.8 Å². The maximum absolute atomic E-state index is 12.8. The fraction of sp³-hybridized carbons (Fsp3) is 0.500. The van der Waals surface area contributed by atoms with E-state index >= 15 is 0 Å². The number of aromatic nitrogens is 4. The summed E-state index contributed by atoms with van der Waals surface area (Å²) in [7, 11) is 0. The van der Waals surface area contributed by atoms with Crippen molar-refractivity contribution in [3.8, 4) is 6.07 Å². The molecule has 25 heavy (non-hydrogen) atoms. The minimum atomic E-state index is -4.44. The van der Waals surface area contributed by atoms with Crippen LogP contribution in [0.1, 0.15) is 47.1 Å².